The Balaban J connectivity index is 1.87. The minimum absolute atomic E-state index is 0.0133. The molecule has 0 amide bonds. The Hall–Kier alpha value is -2.68. The highest BCUT2D eigenvalue weighted by Gasteiger charge is 2.21. The van der Waals surface area contributed by atoms with Crippen molar-refractivity contribution in [1.82, 2.24) is 4.57 Å². The molecule has 0 radical (unpaired) electrons. The molecule has 0 saturated heterocycles. The molecule has 0 fully saturated rings. The highest BCUT2D eigenvalue weighted by molar-refractivity contribution is 5.79. The molecule has 0 N–H and O–H groups in total. The number of halogens is 1. The fourth-order valence-electron chi connectivity index (χ4n) is 4.22. The molecule has 3 heteroatoms. The van der Waals surface area contributed by atoms with Crippen molar-refractivity contribution in [2.24, 2.45) is 7.05 Å². The summed E-state index contributed by atoms with van der Waals surface area (Å²) in [6.07, 6.45) is 4.68. The molecule has 0 spiro atoms. The second-order valence-electron chi connectivity index (χ2n) is 7.26. The lowest BCUT2D eigenvalue weighted by Gasteiger charge is -2.17. The van der Waals surface area contributed by atoms with E-state index >= 15 is 0 Å². The van der Waals surface area contributed by atoms with Crippen LogP contribution in [-0.4, -0.2) is 4.57 Å². The number of rotatable bonds is 2. The summed E-state index contributed by atoms with van der Waals surface area (Å²) in [5.41, 5.74) is 8.89. The van der Waals surface area contributed by atoms with Crippen molar-refractivity contribution < 1.29 is 4.39 Å². The van der Waals surface area contributed by atoms with E-state index < -0.39 is 0 Å². The maximum absolute atomic E-state index is 14.1. The first-order valence-electron chi connectivity index (χ1n) is 9.04. The van der Waals surface area contributed by atoms with Gasteiger partial charge in [-0.2, -0.15) is 0 Å². The van der Waals surface area contributed by atoms with E-state index in [2.05, 4.69) is 26.0 Å². The molecule has 2 nitrogen and oxygen atoms in total. The average Bonchev–Trinajstić information content (AvgIpc) is 3.09. The Morgan fingerprint density at radius 2 is 1.62 bits per heavy atom. The molecular formula is C23H22FNO. The number of aryl methyl sites for hydroxylation is 3. The van der Waals surface area contributed by atoms with Gasteiger partial charge in [0, 0.05) is 19.3 Å². The monoisotopic (exact) mass is 347 g/mol. The molecule has 26 heavy (non-hydrogen) atoms. The molecule has 0 atom stereocenters. The first-order valence-corrected chi connectivity index (χ1v) is 9.04. The molecule has 0 aliphatic heterocycles. The van der Waals surface area contributed by atoms with Crippen LogP contribution >= 0.6 is 0 Å². The van der Waals surface area contributed by atoms with Crippen LogP contribution in [0.1, 0.15) is 28.7 Å². The van der Waals surface area contributed by atoms with Crippen molar-refractivity contribution in [3.63, 3.8) is 0 Å². The highest BCUT2D eigenvalue weighted by Crippen LogP contribution is 2.38. The van der Waals surface area contributed by atoms with Gasteiger partial charge in [0.05, 0.1) is 0 Å². The lowest BCUT2D eigenvalue weighted by Crippen LogP contribution is -2.13. The third kappa shape index (κ3) is 2.68. The van der Waals surface area contributed by atoms with Gasteiger partial charge in [0.15, 0.2) is 0 Å². The minimum Gasteiger partial charge on any atom is -0.318 e. The number of benzene rings is 2. The van der Waals surface area contributed by atoms with E-state index in [1.807, 2.05) is 18.3 Å². The van der Waals surface area contributed by atoms with E-state index in [-0.39, 0.29) is 11.4 Å². The summed E-state index contributed by atoms with van der Waals surface area (Å²) in [5.74, 6) is -0.0709. The summed E-state index contributed by atoms with van der Waals surface area (Å²) in [4.78, 5) is 11.6. The molecule has 1 aliphatic rings. The van der Waals surface area contributed by atoms with E-state index in [1.165, 1.54) is 27.8 Å². The van der Waals surface area contributed by atoms with Crippen LogP contribution in [0.15, 0.2) is 47.4 Å². The van der Waals surface area contributed by atoms with Gasteiger partial charge in [-0.15, -0.1) is 0 Å². The lowest BCUT2D eigenvalue weighted by atomic mass is 9.88. The van der Waals surface area contributed by atoms with E-state index in [1.54, 1.807) is 23.7 Å². The van der Waals surface area contributed by atoms with E-state index in [0.29, 0.717) is 0 Å². The molecule has 0 saturated carbocycles. The number of nitrogens with zero attached hydrogens (tertiary/aromatic N) is 1. The maximum Gasteiger partial charge on any atom is 0.250 e. The second-order valence-corrected chi connectivity index (χ2v) is 7.26. The SMILES string of the molecule is Cc1cc(-c2ccc(=O)n(C)c2)cc(C)c1-c1ccc(F)c2c1CCC2. The van der Waals surface area contributed by atoms with Gasteiger partial charge < -0.3 is 4.57 Å². The first-order chi connectivity index (χ1) is 12.5. The van der Waals surface area contributed by atoms with Crippen LogP contribution in [0, 0.1) is 19.7 Å². The fraction of sp³-hybridized carbons (Fsp3) is 0.261. The maximum atomic E-state index is 14.1. The largest absolute Gasteiger partial charge is 0.318 e. The summed E-state index contributed by atoms with van der Waals surface area (Å²) in [7, 11) is 1.77. The van der Waals surface area contributed by atoms with Gasteiger partial charge in [-0.05, 0) is 89.8 Å². The van der Waals surface area contributed by atoms with Gasteiger partial charge in [0.1, 0.15) is 5.82 Å². The number of aromatic nitrogens is 1. The summed E-state index contributed by atoms with van der Waals surface area (Å²) in [5, 5.41) is 0. The fourth-order valence-corrected chi connectivity index (χ4v) is 4.22. The van der Waals surface area contributed by atoms with Crippen LogP contribution in [0.25, 0.3) is 22.3 Å². The van der Waals surface area contributed by atoms with Crippen molar-refractivity contribution in [3.05, 3.63) is 81.0 Å². The van der Waals surface area contributed by atoms with E-state index in [9.17, 15) is 9.18 Å². The number of hydrogen-bond acceptors (Lipinski definition) is 1. The van der Waals surface area contributed by atoms with Gasteiger partial charge in [0.2, 0.25) is 5.56 Å². The van der Waals surface area contributed by atoms with Crippen molar-refractivity contribution in [2.45, 2.75) is 33.1 Å². The van der Waals surface area contributed by atoms with Gasteiger partial charge in [-0.1, -0.05) is 18.2 Å². The first kappa shape index (κ1) is 16.8. The molecule has 3 aromatic rings. The van der Waals surface area contributed by atoms with Crippen LogP contribution in [0.4, 0.5) is 4.39 Å². The molecule has 0 bridgehead atoms. The highest BCUT2D eigenvalue weighted by atomic mass is 19.1. The Labute approximate surface area is 152 Å². The summed E-state index contributed by atoms with van der Waals surface area (Å²) >= 11 is 0. The smallest absolute Gasteiger partial charge is 0.250 e. The van der Waals surface area contributed by atoms with E-state index in [4.69, 9.17) is 0 Å². The van der Waals surface area contributed by atoms with Crippen LogP contribution < -0.4 is 5.56 Å². The number of pyridine rings is 1. The van der Waals surface area contributed by atoms with Crippen LogP contribution in [0.3, 0.4) is 0 Å². The number of hydrogen-bond donors (Lipinski definition) is 0. The van der Waals surface area contributed by atoms with Gasteiger partial charge in [-0.3, -0.25) is 4.79 Å². The van der Waals surface area contributed by atoms with Crippen LogP contribution in [0.2, 0.25) is 0 Å². The lowest BCUT2D eigenvalue weighted by molar-refractivity contribution is 0.613. The summed E-state index contributed by atoms with van der Waals surface area (Å²) in [6, 6.07) is 11.3. The van der Waals surface area contributed by atoms with Gasteiger partial charge in [0.25, 0.3) is 0 Å². The third-order valence-corrected chi connectivity index (χ3v) is 5.45. The molecule has 132 valence electrons. The number of fused-ring (bicyclic) bond motifs is 1. The minimum atomic E-state index is -0.0709. The predicted molar refractivity (Wildman–Crippen MR) is 104 cm³/mol. The molecule has 1 heterocycles. The van der Waals surface area contributed by atoms with Crippen LogP contribution in [-0.2, 0) is 19.9 Å². The van der Waals surface area contributed by atoms with E-state index in [0.717, 1.165) is 36.0 Å². The summed E-state index contributed by atoms with van der Waals surface area (Å²) < 4.78 is 15.7. The standard InChI is InChI=1S/C23H22FNO/c1-14-11-17(16-7-10-22(26)25(3)13-16)12-15(2)23(14)20-8-9-21(24)19-6-4-5-18(19)20/h7-13H,4-6H2,1-3H3. The van der Waals surface area contributed by atoms with Gasteiger partial charge in [-0.25, -0.2) is 4.39 Å². The molecule has 2 aromatic carbocycles. The topological polar surface area (TPSA) is 22.0 Å². The Kier molecular flexibility index (Phi) is 4.03. The Bertz CT molecular complexity index is 1060. The zero-order chi connectivity index (χ0) is 18.4. The predicted octanol–water partition coefficient (Wildman–Crippen LogP) is 4.96. The molecule has 1 aromatic heterocycles. The molecular weight excluding hydrogens is 325 g/mol. The molecule has 4 rings (SSSR count). The quantitative estimate of drug-likeness (QED) is 0.642. The average molecular weight is 347 g/mol. The normalized spacial score (nSPS) is 13.1. The van der Waals surface area contributed by atoms with Crippen molar-refractivity contribution >= 4 is 0 Å². The van der Waals surface area contributed by atoms with Crippen LogP contribution in [0.5, 0.6) is 0 Å². The zero-order valence-corrected chi connectivity index (χ0v) is 15.4. The molecule has 0 unspecified atom stereocenters. The van der Waals surface area contributed by atoms with Crippen molar-refractivity contribution in [1.29, 1.82) is 0 Å². The van der Waals surface area contributed by atoms with Crippen molar-refractivity contribution in [2.75, 3.05) is 0 Å². The van der Waals surface area contributed by atoms with Gasteiger partial charge >= 0.3 is 0 Å². The Morgan fingerprint density at radius 3 is 2.31 bits per heavy atom. The van der Waals surface area contributed by atoms with Crippen molar-refractivity contribution in [3.8, 4) is 22.3 Å². The summed E-state index contributed by atoms with van der Waals surface area (Å²) in [6.45, 7) is 4.22. The molecule has 1 aliphatic carbocycles. The third-order valence-electron chi connectivity index (χ3n) is 5.45. The zero-order valence-electron chi connectivity index (χ0n) is 15.4. The second kappa shape index (κ2) is 6.24. The Morgan fingerprint density at radius 1 is 0.923 bits per heavy atom.